The van der Waals surface area contributed by atoms with Crippen LogP contribution in [0.3, 0.4) is 0 Å². The predicted molar refractivity (Wildman–Crippen MR) is 114 cm³/mol. The third-order valence-corrected chi connectivity index (χ3v) is 9.64. The summed E-state index contributed by atoms with van der Waals surface area (Å²) in [5, 5.41) is 0. The smallest absolute Gasteiger partial charge is 0.251 e. The first-order valence-corrected chi connectivity index (χ1v) is 11.3. The van der Waals surface area contributed by atoms with Crippen molar-refractivity contribution < 1.29 is 9.53 Å². The lowest BCUT2D eigenvalue weighted by Crippen LogP contribution is -2.50. The molecule has 1 fully saturated rings. The Labute approximate surface area is 166 Å². The summed E-state index contributed by atoms with van der Waals surface area (Å²) < 4.78 is 5.03. The molecule has 3 rings (SSSR count). The Kier molecular flexibility index (Phi) is 5.46. The van der Waals surface area contributed by atoms with E-state index in [1.54, 1.807) is 7.11 Å². The van der Waals surface area contributed by atoms with Gasteiger partial charge in [0.1, 0.15) is 11.9 Å². The quantitative estimate of drug-likeness (QED) is 0.648. The molecular formula is C20H30N2O2S2. The molecule has 2 atom stereocenters. The van der Waals surface area contributed by atoms with Crippen molar-refractivity contribution in [3.05, 3.63) is 23.8 Å². The van der Waals surface area contributed by atoms with Crippen molar-refractivity contribution in [1.29, 1.82) is 0 Å². The summed E-state index contributed by atoms with van der Waals surface area (Å²) in [6, 6.07) is 6.30. The monoisotopic (exact) mass is 394 g/mol. The molecule has 1 saturated heterocycles. The SMILES string of the molecule is CCCSC1(SCCC)C(=O)N(C)[C@@H]2N(C)c3ccc(OC)cc3[C@@]21C. The minimum atomic E-state index is -0.496. The normalized spacial score (nSPS) is 26.2. The summed E-state index contributed by atoms with van der Waals surface area (Å²) in [5.74, 6) is 3.08. The lowest BCUT2D eigenvalue weighted by Gasteiger charge is -2.40. The van der Waals surface area contributed by atoms with E-state index in [2.05, 4.69) is 44.9 Å². The number of hydrogen-bond donors (Lipinski definition) is 0. The minimum Gasteiger partial charge on any atom is -0.497 e. The van der Waals surface area contributed by atoms with Gasteiger partial charge in [-0.3, -0.25) is 4.79 Å². The van der Waals surface area contributed by atoms with Gasteiger partial charge >= 0.3 is 0 Å². The first-order valence-electron chi connectivity index (χ1n) is 9.35. The van der Waals surface area contributed by atoms with E-state index in [1.807, 2.05) is 41.5 Å². The number of carbonyl (C=O) groups excluding carboxylic acids is 1. The second-order valence-electron chi connectivity index (χ2n) is 7.30. The van der Waals surface area contributed by atoms with E-state index in [0.717, 1.165) is 30.1 Å². The van der Waals surface area contributed by atoms with Gasteiger partial charge < -0.3 is 14.5 Å². The molecule has 2 aliphatic rings. The molecule has 0 spiro atoms. The lowest BCUT2D eigenvalue weighted by molar-refractivity contribution is -0.127. The molecule has 4 nitrogen and oxygen atoms in total. The summed E-state index contributed by atoms with van der Waals surface area (Å²) >= 11 is 3.68. The third kappa shape index (κ3) is 2.48. The minimum absolute atomic E-state index is 0.0332. The molecule has 1 aromatic rings. The van der Waals surface area contributed by atoms with Crippen LogP contribution in [-0.2, 0) is 10.2 Å². The van der Waals surface area contributed by atoms with Crippen LogP contribution in [0.5, 0.6) is 5.75 Å². The fourth-order valence-electron chi connectivity index (χ4n) is 4.54. The van der Waals surface area contributed by atoms with Gasteiger partial charge in [0.2, 0.25) is 0 Å². The van der Waals surface area contributed by atoms with Gasteiger partial charge in [0.15, 0.2) is 4.08 Å². The van der Waals surface area contributed by atoms with E-state index >= 15 is 0 Å². The van der Waals surface area contributed by atoms with Crippen LogP contribution in [0.25, 0.3) is 0 Å². The molecule has 0 N–H and O–H groups in total. The lowest BCUT2D eigenvalue weighted by atomic mass is 9.80. The molecule has 1 amide bonds. The van der Waals surface area contributed by atoms with Crippen LogP contribution in [0.1, 0.15) is 39.2 Å². The number of rotatable bonds is 7. The third-order valence-electron chi connectivity index (χ3n) is 5.70. The molecule has 0 aliphatic carbocycles. The van der Waals surface area contributed by atoms with Gasteiger partial charge in [-0.2, -0.15) is 0 Å². The summed E-state index contributed by atoms with van der Waals surface area (Å²) in [4.78, 5) is 17.8. The van der Waals surface area contributed by atoms with Gasteiger partial charge in [-0.1, -0.05) is 13.8 Å². The second-order valence-corrected chi connectivity index (χ2v) is 10.2. The number of methoxy groups -OCH3 is 1. The fourth-order valence-corrected chi connectivity index (χ4v) is 7.92. The molecule has 6 heteroatoms. The molecule has 1 aromatic carbocycles. The number of likely N-dealkylation sites (N-methyl/N-ethyl adjacent to an activating group) is 2. The van der Waals surface area contributed by atoms with E-state index in [0.29, 0.717) is 0 Å². The van der Waals surface area contributed by atoms with E-state index in [9.17, 15) is 4.79 Å². The van der Waals surface area contributed by atoms with E-state index in [-0.39, 0.29) is 17.5 Å². The van der Waals surface area contributed by atoms with Gasteiger partial charge in [-0.05, 0) is 55.0 Å². The summed E-state index contributed by atoms with van der Waals surface area (Å²) in [6.07, 6.45) is 2.17. The Morgan fingerprint density at radius 2 is 1.73 bits per heavy atom. The van der Waals surface area contributed by atoms with E-state index in [1.165, 1.54) is 11.3 Å². The van der Waals surface area contributed by atoms with Crippen molar-refractivity contribution in [3.8, 4) is 5.75 Å². The molecule has 2 aliphatic heterocycles. The van der Waals surface area contributed by atoms with Crippen molar-refractivity contribution >= 4 is 35.1 Å². The number of carbonyl (C=O) groups is 1. The number of fused-ring (bicyclic) bond motifs is 3. The average molecular weight is 395 g/mol. The first kappa shape index (κ1) is 19.7. The van der Waals surface area contributed by atoms with Crippen LogP contribution in [0.15, 0.2) is 18.2 Å². The van der Waals surface area contributed by atoms with Crippen molar-refractivity contribution in [1.82, 2.24) is 4.90 Å². The number of thioether (sulfide) groups is 2. The largest absolute Gasteiger partial charge is 0.497 e. The molecule has 0 bridgehead atoms. The Bertz CT molecular complexity index is 688. The average Bonchev–Trinajstić information content (AvgIpc) is 2.97. The Balaban J connectivity index is 2.22. The Morgan fingerprint density at radius 1 is 1.12 bits per heavy atom. The number of nitrogens with zero attached hydrogens (tertiary/aromatic N) is 2. The molecule has 2 heterocycles. The zero-order valence-corrected chi connectivity index (χ0v) is 18.3. The molecule has 26 heavy (non-hydrogen) atoms. The van der Waals surface area contributed by atoms with Crippen LogP contribution in [0.2, 0.25) is 0 Å². The number of anilines is 1. The van der Waals surface area contributed by atoms with Gasteiger partial charge in [-0.25, -0.2) is 0 Å². The number of ether oxygens (including phenoxy) is 1. The number of benzene rings is 1. The van der Waals surface area contributed by atoms with Gasteiger partial charge in [0.25, 0.3) is 5.91 Å². The Hall–Kier alpha value is -1.01. The highest BCUT2D eigenvalue weighted by atomic mass is 32.2. The number of amides is 1. The van der Waals surface area contributed by atoms with Crippen LogP contribution in [-0.4, -0.2) is 53.8 Å². The zero-order chi connectivity index (χ0) is 19.1. The van der Waals surface area contributed by atoms with Crippen molar-refractivity contribution in [2.75, 3.05) is 37.6 Å². The highest BCUT2D eigenvalue weighted by Gasteiger charge is 2.71. The maximum atomic E-state index is 13.6. The molecular weight excluding hydrogens is 364 g/mol. The summed E-state index contributed by atoms with van der Waals surface area (Å²) in [7, 11) is 5.78. The van der Waals surface area contributed by atoms with Gasteiger partial charge in [0, 0.05) is 19.8 Å². The maximum Gasteiger partial charge on any atom is 0.251 e. The van der Waals surface area contributed by atoms with Crippen LogP contribution in [0.4, 0.5) is 5.69 Å². The summed E-state index contributed by atoms with van der Waals surface area (Å²) in [5.41, 5.74) is 2.14. The number of hydrogen-bond acceptors (Lipinski definition) is 5. The molecule has 0 radical (unpaired) electrons. The number of likely N-dealkylation sites (tertiary alicyclic amines) is 1. The van der Waals surface area contributed by atoms with Crippen molar-refractivity contribution in [2.45, 2.75) is 49.3 Å². The fraction of sp³-hybridized carbons (Fsp3) is 0.650. The molecule has 0 saturated carbocycles. The molecule has 144 valence electrons. The van der Waals surface area contributed by atoms with Crippen LogP contribution < -0.4 is 9.64 Å². The maximum absolute atomic E-state index is 13.6. The van der Waals surface area contributed by atoms with Gasteiger partial charge in [-0.15, -0.1) is 23.5 Å². The zero-order valence-electron chi connectivity index (χ0n) is 16.7. The highest BCUT2D eigenvalue weighted by Crippen LogP contribution is 2.65. The van der Waals surface area contributed by atoms with Crippen LogP contribution in [0, 0.1) is 0 Å². The molecule has 0 unspecified atom stereocenters. The van der Waals surface area contributed by atoms with E-state index in [4.69, 9.17) is 4.74 Å². The highest BCUT2D eigenvalue weighted by molar-refractivity contribution is 8.19. The predicted octanol–water partition coefficient (Wildman–Crippen LogP) is 4.18. The molecule has 0 aromatic heterocycles. The van der Waals surface area contributed by atoms with Crippen LogP contribution >= 0.6 is 23.5 Å². The topological polar surface area (TPSA) is 32.8 Å². The summed E-state index contributed by atoms with van der Waals surface area (Å²) in [6.45, 7) is 6.66. The Morgan fingerprint density at radius 3 is 2.27 bits per heavy atom. The van der Waals surface area contributed by atoms with Crippen molar-refractivity contribution in [3.63, 3.8) is 0 Å². The second kappa shape index (κ2) is 7.19. The van der Waals surface area contributed by atoms with E-state index < -0.39 is 4.08 Å². The standard InChI is InChI=1S/C20H30N2O2S2/c1-7-11-25-20(26-12-8-2)18(23)22(5)17-19(20,3)15-13-14(24-6)9-10-16(15)21(17)4/h9-10,13,17H,7-8,11-12H2,1-6H3/t17-,19-/m0/s1. The first-order chi connectivity index (χ1) is 12.4. The van der Waals surface area contributed by atoms with Crippen molar-refractivity contribution in [2.24, 2.45) is 0 Å². The van der Waals surface area contributed by atoms with Gasteiger partial charge in [0.05, 0.1) is 12.5 Å².